The Balaban J connectivity index is 2.50. The number of methoxy groups -OCH3 is 1. The van der Waals surface area contributed by atoms with Crippen LogP contribution < -0.4 is 10.1 Å². The van der Waals surface area contributed by atoms with E-state index in [-0.39, 0.29) is 17.7 Å². The predicted octanol–water partition coefficient (Wildman–Crippen LogP) is 4.14. The van der Waals surface area contributed by atoms with Crippen molar-refractivity contribution in [1.82, 2.24) is 5.32 Å². The van der Waals surface area contributed by atoms with Crippen LogP contribution in [0.5, 0.6) is 5.75 Å². The summed E-state index contributed by atoms with van der Waals surface area (Å²) in [7, 11) is 1.53. The topological polar surface area (TPSA) is 21.3 Å². The van der Waals surface area contributed by atoms with Crippen molar-refractivity contribution in [1.29, 1.82) is 0 Å². The highest BCUT2D eigenvalue weighted by atomic mass is 19.1. The van der Waals surface area contributed by atoms with E-state index in [1.54, 1.807) is 12.1 Å². The Bertz CT molecular complexity index is 626. The molecule has 2 aromatic carbocycles. The number of ether oxygens (including phenoxy) is 1. The Hall–Kier alpha value is -1.94. The van der Waals surface area contributed by atoms with Gasteiger partial charge in [0.1, 0.15) is 17.4 Å². The van der Waals surface area contributed by atoms with Crippen LogP contribution in [0, 0.1) is 11.6 Å². The average molecular weight is 291 g/mol. The van der Waals surface area contributed by atoms with Gasteiger partial charge in [-0.2, -0.15) is 0 Å². The standard InChI is InChI=1S/C17H19F2NO/c1-11(2)20-10-12-8-13(18)4-6-15(12)16-9-14(19)5-7-17(16)21-3/h4-9,11,20H,10H2,1-3H3. The zero-order valence-corrected chi connectivity index (χ0v) is 12.4. The van der Waals surface area contributed by atoms with Gasteiger partial charge in [-0.25, -0.2) is 8.78 Å². The van der Waals surface area contributed by atoms with Gasteiger partial charge in [-0.1, -0.05) is 19.9 Å². The fourth-order valence-corrected chi connectivity index (χ4v) is 2.18. The third kappa shape index (κ3) is 3.79. The zero-order valence-electron chi connectivity index (χ0n) is 12.4. The summed E-state index contributed by atoms with van der Waals surface area (Å²) in [6, 6.07) is 9.10. The fraction of sp³-hybridized carbons (Fsp3) is 0.294. The van der Waals surface area contributed by atoms with Crippen molar-refractivity contribution in [3.8, 4) is 16.9 Å². The fourth-order valence-electron chi connectivity index (χ4n) is 2.18. The lowest BCUT2D eigenvalue weighted by atomic mass is 9.98. The SMILES string of the molecule is COc1ccc(F)cc1-c1ccc(F)cc1CNC(C)C. The quantitative estimate of drug-likeness (QED) is 0.894. The van der Waals surface area contributed by atoms with Crippen LogP contribution in [0.4, 0.5) is 8.78 Å². The van der Waals surface area contributed by atoms with Crippen molar-refractivity contribution in [2.24, 2.45) is 0 Å². The van der Waals surface area contributed by atoms with E-state index in [0.717, 1.165) is 11.1 Å². The molecule has 0 bridgehead atoms. The summed E-state index contributed by atoms with van der Waals surface area (Å²) in [5.41, 5.74) is 2.16. The molecular formula is C17H19F2NO. The van der Waals surface area contributed by atoms with Crippen LogP contribution in [0.15, 0.2) is 36.4 Å². The molecule has 0 saturated carbocycles. The maximum atomic E-state index is 13.5. The number of rotatable bonds is 5. The molecule has 2 rings (SSSR count). The van der Waals surface area contributed by atoms with Gasteiger partial charge in [-0.15, -0.1) is 0 Å². The highest BCUT2D eigenvalue weighted by Crippen LogP contribution is 2.33. The first kappa shape index (κ1) is 15.4. The molecule has 1 N–H and O–H groups in total. The van der Waals surface area contributed by atoms with Gasteiger partial charge < -0.3 is 10.1 Å². The molecule has 0 fully saturated rings. The van der Waals surface area contributed by atoms with E-state index >= 15 is 0 Å². The van der Waals surface area contributed by atoms with Gasteiger partial charge in [-0.05, 0) is 41.5 Å². The van der Waals surface area contributed by atoms with Crippen LogP contribution in [0.3, 0.4) is 0 Å². The predicted molar refractivity (Wildman–Crippen MR) is 80.3 cm³/mol. The summed E-state index contributed by atoms with van der Waals surface area (Å²) in [4.78, 5) is 0. The van der Waals surface area contributed by atoms with Gasteiger partial charge in [0.25, 0.3) is 0 Å². The second-order valence-corrected chi connectivity index (χ2v) is 5.18. The van der Waals surface area contributed by atoms with Crippen molar-refractivity contribution < 1.29 is 13.5 Å². The Kier molecular flexibility index (Phi) is 4.91. The van der Waals surface area contributed by atoms with Crippen molar-refractivity contribution in [2.45, 2.75) is 26.4 Å². The van der Waals surface area contributed by atoms with Crippen molar-refractivity contribution in [3.63, 3.8) is 0 Å². The third-order valence-corrected chi connectivity index (χ3v) is 3.22. The van der Waals surface area contributed by atoms with E-state index < -0.39 is 0 Å². The van der Waals surface area contributed by atoms with Crippen LogP contribution in [-0.4, -0.2) is 13.2 Å². The molecule has 0 amide bonds. The van der Waals surface area contributed by atoms with Crippen LogP contribution in [0.2, 0.25) is 0 Å². The molecule has 0 aliphatic rings. The first-order chi connectivity index (χ1) is 10.0. The summed E-state index contributed by atoms with van der Waals surface area (Å²) < 4.78 is 32.3. The summed E-state index contributed by atoms with van der Waals surface area (Å²) in [6.07, 6.45) is 0. The molecule has 0 saturated heterocycles. The minimum absolute atomic E-state index is 0.274. The number of benzene rings is 2. The molecule has 0 aliphatic heterocycles. The van der Waals surface area contributed by atoms with E-state index in [2.05, 4.69) is 5.32 Å². The van der Waals surface area contributed by atoms with Crippen LogP contribution >= 0.6 is 0 Å². The third-order valence-electron chi connectivity index (χ3n) is 3.22. The highest BCUT2D eigenvalue weighted by molar-refractivity contribution is 5.73. The van der Waals surface area contributed by atoms with Crippen molar-refractivity contribution in [3.05, 3.63) is 53.6 Å². The van der Waals surface area contributed by atoms with Crippen molar-refractivity contribution in [2.75, 3.05) is 7.11 Å². The molecule has 0 aliphatic carbocycles. The van der Waals surface area contributed by atoms with Gasteiger partial charge in [0.2, 0.25) is 0 Å². The van der Waals surface area contributed by atoms with Gasteiger partial charge >= 0.3 is 0 Å². The molecule has 0 atom stereocenters. The largest absolute Gasteiger partial charge is 0.496 e. The maximum Gasteiger partial charge on any atom is 0.126 e. The van der Waals surface area contributed by atoms with E-state index in [1.807, 2.05) is 13.8 Å². The van der Waals surface area contributed by atoms with Gasteiger partial charge in [0, 0.05) is 18.2 Å². The summed E-state index contributed by atoms with van der Waals surface area (Å²) in [5, 5.41) is 3.25. The normalized spacial score (nSPS) is 11.0. The Morgan fingerprint density at radius 3 is 2.33 bits per heavy atom. The second kappa shape index (κ2) is 6.68. The molecular weight excluding hydrogens is 272 g/mol. The van der Waals surface area contributed by atoms with E-state index in [4.69, 9.17) is 4.74 Å². The Morgan fingerprint density at radius 1 is 1.00 bits per heavy atom. The maximum absolute atomic E-state index is 13.5. The Labute approximate surface area is 123 Å². The number of halogens is 2. The smallest absolute Gasteiger partial charge is 0.126 e. The molecule has 21 heavy (non-hydrogen) atoms. The molecule has 0 unspecified atom stereocenters. The molecule has 0 radical (unpaired) electrons. The molecule has 0 aromatic heterocycles. The molecule has 0 heterocycles. The first-order valence-corrected chi connectivity index (χ1v) is 6.87. The summed E-state index contributed by atoms with van der Waals surface area (Å²) in [5.74, 6) is -0.0959. The van der Waals surface area contributed by atoms with E-state index in [9.17, 15) is 8.78 Å². The van der Waals surface area contributed by atoms with Gasteiger partial charge in [-0.3, -0.25) is 0 Å². The lowest BCUT2D eigenvalue weighted by Crippen LogP contribution is -2.22. The minimum Gasteiger partial charge on any atom is -0.496 e. The van der Waals surface area contributed by atoms with Crippen LogP contribution in [0.1, 0.15) is 19.4 Å². The lowest BCUT2D eigenvalue weighted by molar-refractivity contribution is 0.415. The van der Waals surface area contributed by atoms with E-state index in [0.29, 0.717) is 17.9 Å². The van der Waals surface area contributed by atoms with Crippen molar-refractivity contribution >= 4 is 0 Å². The minimum atomic E-state index is -0.349. The second-order valence-electron chi connectivity index (χ2n) is 5.18. The van der Waals surface area contributed by atoms with Crippen LogP contribution in [0.25, 0.3) is 11.1 Å². The highest BCUT2D eigenvalue weighted by Gasteiger charge is 2.12. The first-order valence-electron chi connectivity index (χ1n) is 6.87. The Morgan fingerprint density at radius 2 is 1.67 bits per heavy atom. The van der Waals surface area contributed by atoms with Crippen LogP contribution in [-0.2, 0) is 6.54 Å². The molecule has 2 nitrogen and oxygen atoms in total. The molecule has 2 aromatic rings. The zero-order chi connectivity index (χ0) is 15.4. The lowest BCUT2D eigenvalue weighted by Gasteiger charge is -2.15. The number of hydrogen-bond donors (Lipinski definition) is 1. The molecule has 0 spiro atoms. The van der Waals surface area contributed by atoms with Gasteiger partial charge in [0.05, 0.1) is 7.11 Å². The molecule has 4 heteroatoms. The van der Waals surface area contributed by atoms with E-state index in [1.165, 1.54) is 31.4 Å². The average Bonchev–Trinajstić information content (AvgIpc) is 2.45. The van der Waals surface area contributed by atoms with Gasteiger partial charge in [0.15, 0.2) is 0 Å². The number of nitrogens with one attached hydrogen (secondary N) is 1. The summed E-state index contributed by atoms with van der Waals surface area (Å²) in [6.45, 7) is 4.54. The summed E-state index contributed by atoms with van der Waals surface area (Å²) >= 11 is 0. The molecule has 112 valence electrons. The number of hydrogen-bond acceptors (Lipinski definition) is 2. The monoisotopic (exact) mass is 291 g/mol.